The molecule has 0 amide bonds. The van der Waals surface area contributed by atoms with E-state index in [1.165, 1.54) is 0 Å². The number of ether oxygens (including phenoxy) is 1. The van der Waals surface area contributed by atoms with Crippen LogP contribution in [0.5, 0.6) is 0 Å². The highest BCUT2D eigenvalue weighted by atomic mass is 16.5. The third kappa shape index (κ3) is 2.28. The van der Waals surface area contributed by atoms with Crippen molar-refractivity contribution in [3.63, 3.8) is 0 Å². The maximum atomic E-state index is 9.44. The molecule has 0 aliphatic carbocycles. The molecule has 2 heterocycles. The Balaban J connectivity index is 2.23. The smallest absolute Gasteiger partial charge is 0.0994 e. The quantitative estimate of drug-likeness (QED) is 0.837. The van der Waals surface area contributed by atoms with Gasteiger partial charge >= 0.3 is 0 Å². The molecule has 0 spiro atoms. The fourth-order valence-corrected chi connectivity index (χ4v) is 2.98. The number of nitriles is 1. The van der Waals surface area contributed by atoms with Crippen LogP contribution in [0.4, 0.5) is 11.4 Å². The molecule has 0 saturated carbocycles. The fourth-order valence-electron chi connectivity index (χ4n) is 2.98. The van der Waals surface area contributed by atoms with Crippen LogP contribution in [0.25, 0.3) is 10.9 Å². The van der Waals surface area contributed by atoms with Gasteiger partial charge in [-0.2, -0.15) is 5.26 Å². The van der Waals surface area contributed by atoms with Crippen LogP contribution in [-0.2, 0) is 4.74 Å². The summed E-state index contributed by atoms with van der Waals surface area (Å²) in [5.41, 5.74) is 15.3. The molecule has 4 N–H and O–H groups in total. The number of hydrogen-bond acceptors (Lipinski definition) is 5. The minimum Gasteiger partial charge on any atom is -0.396 e. The minimum atomic E-state index is 0.158. The summed E-state index contributed by atoms with van der Waals surface area (Å²) >= 11 is 0. The maximum Gasteiger partial charge on any atom is 0.0994 e. The average Bonchev–Trinajstić information content (AvgIpc) is 2.51. The molecule has 2 aromatic rings. The van der Waals surface area contributed by atoms with Crippen molar-refractivity contribution in [3.05, 3.63) is 29.5 Å². The Kier molecular flexibility index (Phi) is 3.40. The summed E-state index contributed by atoms with van der Waals surface area (Å²) in [6, 6.07) is 5.89. The predicted molar refractivity (Wildman–Crippen MR) is 82.7 cm³/mol. The third-order valence-corrected chi connectivity index (χ3v) is 4.18. The van der Waals surface area contributed by atoms with Crippen LogP contribution in [0.3, 0.4) is 0 Å². The van der Waals surface area contributed by atoms with Crippen molar-refractivity contribution >= 4 is 22.3 Å². The lowest BCUT2D eigenvalue weighted by Gasteiger charge is -2.28. The molecular weight excluding hydrogens is 264 g/mol. The van der Waals surface area contributed by atoms with Crippen LogP contribution in [0, 0.1) is 11.3 Å². The van der Waals surface area contributed by atoms with Gasteiger partial charge in [-0.1, -0.05) is 0 Å². The Hall–Kier alpha value is -2.32. The van der Waals surface area contributed by atoms with Gasteiger partial charge in [0, 0.05) is 11.3 Å². The first-order chi connectivity index (χ1) is 10.1. The van der Waals surface area contributed by atoms with Gasteiger partial charge in [0.25, 0.3) is 0 Å². The molecular formula is C16H18N4O. The first-order valence-corrected chi connectivity index (χ1v) is 7.10. The Morgan fingerprint density at radius 2 is 2.14 bits per heavy atom. The van der Waals surface area contributed by atoms with Crippen molar-refractivity contribution in [2.24, 2.45) is 0 Å². The van der Waals surface area contributed by atoms with Gasteiger partial charge < -0.3 is 16.2 Å². The van der Waals surface area contributed by atoms with E-state index in [9.17, 15) is 5.26 Å². The van der Waals surface area contributed by atoms with E-state index < -0.39 is 0 Å². The predicted octanol–water partition coefficient (Wildman–Crippen LogP) is 2.55. The zero-order chi connectivity index (χ0) is 15.0. The largest absolute Gasteiger partial charge is 0.396 e. The molecule has 108 valence electrons. The summed E-state index contributed by atoms with van der Waals surface area (Å²) in [5, 5.41) is 10.2. The standard InChI is InChI=1S/C16H18N4O/c1-9-2-3-11(8-21-9)14-10(6-17)4-5-13-15(14)16(19)12(18)7-20-13/h4-5,7,9,11H,2-3,8,18H2,1H3,(H2,19,20)/t9-,11?/m1/s1. The Morgan fingerprint density at radius 3 is 2.81 bits per heavy atom. The number of anilines is 2. The first kappa shape index (κ1) is 13.7. The van der Waals surface area contributed by atoms with Crippen LogP contribution in [0.1, 0.15) is 36.8 Å². The van der Waals surface area contributed by atoms with Crippen LogP contribution < -0.4 is 11.5 Å². The van der Waals surface area contributed by atoms with E-state index in [2.05, 4.69) is 18.0 Å². The topological polar surface area (TPSA) is 98.0 Å². The van der Waals surface area contributed by atoms with E-state index in [4.69, 9.17) is 16.2 Å². The SMILES string of the molecule is C[C@@H]1CCC(c2c(C#N)ccc3ncc(N)c(N)c23)CO1. The zero-order valence-corrected chi connectivity index (χ0v) is 12.0. The number of hydrogen-bond donors (Lipinski definition) is 2. The first-order valence-electron chi connectivity index (χ1n) is 7.10. The van der Waals surface area contributed by atoms with E-state index >= 15 is 0 Å². The van der Waals surface area contributed by atoms with Crippen molar-refractivity contribution in [2.75, 3.05) is 18.1 Å². The van der Waals surface area contributed by atoms with Crippen LogP contribution in [-0.4, -0.2) is 17.7 Å². The van der Waals surface area contributed by atoms with Crippen molar-refractivity contribution < 1.29 is 4.74 Å². The summed E-state index contributed by atoms with van der Waals surface area (Å²) in [4.78, 5) is 4.33. The molecule has 5 nitrogen and oxygen atoms in total. The molecule has 5 heteroatoms. The Bertz CT molecular complexity index is 727. The van der Waals surface area contributed by atoms with Gasteiger partial charge in [0.1, 0.15) is 0 Å². The highest BCUT2D eigenvalue weighted by molar-refractivity contribution is 5.99. The second kappa shape index (κ2) is 5.23. The van der Waals surface area contributed by atoms with Crippen LogP contribution in [0.2, 0.25) is 0 Å². The molecule has 1 unspecified atom stereocenters. The molecule has 0 radical (unpaired) electrons. The lowest BCUT2D eigenvalue weighted by Crippen LogP contribution is -2.23. The molecule has 1 aromatic carbocycles. The summed E-state index contributed by atoms with van der Waals surface area (Å²) < 4.78 is 5.76. The van der Waals surface area contributed by atoms with Gasteiger partial charge in [0.05, 0.1) is 47.4 Å². The van der Waals surface area contributed by atoms with Crippen molar-refractivity contribution in [2.45, 2.75) is 31.8 Å². The number of fused-ring (bicyclic) bond motifs is 1. The number of rotatable bonds is 1. The van der Waals surface area contributed by atoms with Gasteiger partial charge in [-0.3, -0.25) is 4.98 Å². The summed E-state index contributed by atoms with van der Waals surface area (Å²) in [6.45, 7) is 2.67. The summed E-state index contributed by atoms with van der Waals surface area (Å²) in [5.74, 6) is 0.158. The summed E-state index contributed by atoms with van der Waals surface area (Å²) in [7, 11) is 0. The molecule has 1 fully saturated rings. The normalized spacial score (nSPS) is 22.1. The highest BCUT2D eigenvalue weighted by Gasteiger charge is 2.25. The lowest BCUT2D eigenvalue weighted by molar-refractivity contribution is 0.0157. The number of benzene rings is 1. The third-order valence-electron chi connectivity index (χ3n) is 4.18. The van der Waals surface area contributed by atoms with E-state index in [0.29, 0.717) is 23.5 Å². The van der Waals surface area contributed by atoms with Gasteiger partial charge in [0.2, 0.25) is 0 Å². The number of nitrogen functional groups attached to an aromatic ring is 2. The molecule has 21 heavy (non-hydrogen) atoms. The molecule has 1 saturated heterocycles. The van der Waals surface area contributed by atoms with E-state index in [1.54, 1.807) is 12.3 Å². The van der Waals surface area contributed by atoms with Crippen LogP contribution in [0.15, 0.2) is 18.3 Å². The number of pyridine rings is 1. The van der Waals surface area contributed by atoms with Gasteiger partial charge in [0.15, 0.2) is 0 Å². The second-order valence-corrected chi connectivity index (χ2v) is 5.58. The lowest BCUT2D eigenvalue weighted by atomic mass is 9.85. The molecule has 1 aliphatic heterocycles. The van der Waals surface area contributed by atoms with Crippen molar-refractivity contribution in [1.29, 1.82) is 5.26 Å². The maximum absolute atomic E-state index is 9.44. The van der Waals surface area contributed by atoms with E-state index in [-0.39, 0.29) is 12.0 Å². The molecule has 3 rings (SSSR count). The van der Waals surface area contributed by atoms with Crippen molar-refractivity contribution in [1.82, 2.24) is 4.98 Å². The van der Waals surface area contributed by atoms with Crippen LogP contribution >= 0.6 is 0 Å². The monoisotopic (exact) mass is 282 g/mol. The summed E-state index contributed by atoms with van der Waals surface area (Å²) in [6.07, 6.45) is 3.78. The molecule has 1 aromatic heterocycles. The fraction of sp³-hybridized carbons (Fsp3) is 0.375. The molecule has 2 atom stereocenters. The zero-order valence-electron chi connectivity index (χ0n) is 12.0. The van der Waals surface area contributed by atoms with E-state index in [0.717, 1.165) is 29.3 Å². The van der Waals surface area contributed by atoms with Gasteiger partial charge in [-0.25, -0.2) is 0 Å². The Morgan fingerprint density at radius 1 is 1.33 bits per heavy atom. The highest BCUT2D eigenvalue weighted by Crippen LogP contribution is 2.38. The van der Waals surface area contributed by atoms with Gasteiger partial charge in [-0.05, 0) is 37.5 Å². The number of nitrogens with two attached hydrogens (primary N) is 2. The van der Waals surface area contributed by atoms with Gasteiger partial charge in [-0.15, -0.1) is 0 Å². The minimum absolute atomic E-state index is 0.158. The molecule has 1 aliphatic rings. The van der Waals surface area contributed by atoms with E-state index in [1.807, 2.05) is 6.07 Å². The molecule has 0 bridgehead atoms. The second-order valence-electron chi connectivity index (χ2n) is 5.58. The number of aromatic nitrogens is 1. The average molecular weight is 282 g/mol. The van der Waals surface area contributed by atoms with Crippen molar-refractivity contribution in [3.8, 4) is 6.07 Å². The Labute approximate surface area is 123 Å². The number of nitrogens with zero attached hydrogens (tertiary/aromatic N) is 2.